The quantitative estimate of drug-likeness (QED) is 0.894. The van der Waals surface area contributed by atoms with Gasteiger partial charge in [-0.3, -0.25) is 9.48 Å². The van der Waals surface area contributed by atoms with Gasteiger partial charge in [0.1, 0.15) is 5.82 Å². The van der Waals surface area contributed by atoms with Crippen molar-refractivity contribution in [2.75, 3.05) is 26.6 Å². The van der Waals surface area contributed by atoms with Gasteiger partial charge in [0.05, 0.1) is 27.0 Å². The number of hydrogen-bond donors (Lipinski definition) is 1. The zero-order chi connectivity index (χ0) is 17.3. The van der Waals surface area contributed by atoms with Crippen molar-refractivity contribution in [2.24, 2.45) is 7.05 Å². The van der Waals surface area contributed by atoms with Crippen LogP contribution in [0.25, 0.3) is 0 Å². The van der Waals surface area contributed by atoms with Gasteiger partial charge in [-0.05, 0) is 12.1 Å². The lowest BCUT2D eigenvalue weighted by molar-refractivity contribution is 0.102. The second-order valence-electron chi connectivity index (χ2n) is 5.26. The number of ether oxygens (including phenoxy) is 3. The standard InChI is InChI=1S/C16H19N3O4S/c1-19-15(10-7-24-8-11(10)18-19)17-16(20)9-5-12(21-2)14(23-4)13(6-9)22-3/h5-6H,7-8H2,1-4H3,(H,17,20). The van der Waals surface area contributed by atoms with Crippen LogP contribution in [0.15, 0.2) is 12.1 Å². The van der Waals surface area contributed by atoms with Gasteiger partial charge in [-0.2, -0.15) is 16.9 Å². The normalized spacial score (nSPS) is 12.7. The van der Waals surface area contributed by atoms with E-state index in [1.165, 1.54) is 21.3 Å². The van der Waals surface area contributed by atoms with E-state index < -0.39 is 0 Å². The molecule has 0 fully saturated rings. The topological polar surface area (TPSA) is 74.6 Å². The number of nitrogens with one attached hydrogen (secondary N) is 1. The first kappa shape index (κ1) is 16.5. The number of carbonyl (C=O) groups is 1. The van der Waals surface area contributed by atoms with Gasteiger partial charge in [-0.15, -0.1) is 0 Å². The van der Waals surface area contributed by atoms with Crippen LogP contribution < -0.4 is 19.5 Å². The van der Waals surface area contributed by atoms with E-state index in [1.54, 1.807) is 28.6 Å². The summed E-state index contributed by atoms with van der Waals surface area (Å²) in [6.45, 7) is 0. The molecule has 0 saturated heterocycles. The number of anilines is 1. The number of methoxy groups -OCH3 is 3. The van der Waals surface area contributed by atoms with Crippen LogP contribution in [-0.4, -0.2) is 37.0 Å². The summed E-state index contributed by atoms with van der Waals surface area (Å²) in [6, 6.07) is 3.25. The maximum atomic E-state index is 12.7. The summed E-state index contributed by atoms with van der Waals surface area (Å²) in [7, 11) is 6.39. The van der Waals surface area contributed by atoms with Crippen LogP contribution in [0.1, 0.15) is 21.6 Å². The molecular weight excluding hydrogens is 330 g/mol. The molecule has 1 amide bonds. The lowest BCUT2D eigenvalue weighted by Gasteiger charge is -2.14. The first-order valence-electron chi connectivity index (χ1n) is 7.32. The van der Waals surface area contributed by atoms with E-state index in [9.17, 15) is 4.79 Å². The van der Waals surface area contributed by atoms with Crippen molar-refractivity contribution in [3.05, 3.63) is 29.0 Å². The Labute approximate surface area is 144 Å². The first-order valence-corrected chi connectivity index (χ1v) is 8.48. The lowest BCUT2D eigenvalue weighted by atomic mass is 10.1. The van der Waals surface area contributed by atoms with Crippen LogP contribution in [-0.2, 0) is 18.6 Å². The Morgan fingerprint density at radius 3 is 2.42 bits per heavy atom. The molecule has 1 aliphatic heterocycles. The minimum absolute atomic E-state index is 0.253. The predicted molar refractivity (Wildman–Crippen MR) is 92.3 cm³/mol. The van der Waals surface area contributed by atoms with Gasteiger partial charge < -0.3 is 19.5 Å². The summed E-state index contributed by atoms with van der Waals surface area (Å²) in [4.78, 5) is 12.7. The number of thioether (sulfide) groups is 1. The number of carbonyl (C=O) groups excluding carboxylic acids is 1. The number of nitrogens with zero attached hydrogens (tertiary/aromatic N) is 2. The SMILES string of the molecule is COc1cc(C(=O)Nc2c3c(nn2C)CSC3)cc(OC)c1OC. The summed E-state index contributed by atoms with van der Waals surface area (Å²) >= 11 is 1.79. The summed E-state index contributed by atoms with van der Waals surface area (Å²) in [6.07, 6.45) is 0. The molecule has 0 radical (unpaired) electrons. The third-order valence-electron chi connectivity index (χ3n) is 3.87. The number of amides is 1. The second-order valence-corrected chi connectivity index (χ2v) is 6.24. The highest BCUT2D eigenvalue weighted by atomic mass is 32.2. The molecule has 3 rings (SSSR count). The molecule has 1 aliphatic rings. The molecule has 1 N–H and O–H groups in total. The van der Waals surface area contributed by atoms with E-state index in [1.807, 2.05) is 7.05 Å². The molecule has 8 heteroatoms. The van der Waals surface area contributed by atoms with Crippen molar-refractivity contribution in [2.45, 2.75) is 11.5 Å². The van der Waals surface area contributed by atoms with Gasteiger partial charge in [0.15, 0.2) is 11.5 Å². The Kier molecular flexibility index (Phi) is 4.57. The number of aromatic nitrogens is 2. The molecule has 0 bridgehead atoms. The summed E-state index contributed by atoms with van der Waals surface area (Å²) in [5.74, 6) is 3.54. The van der Waals surface area contributed by atoms with E-state index in [2.05, 4.69) is 10.4 Å². The van der Waals surface area contributed by atoms with E-state index >= 15 is 0 Å². The molecule has 128 valence electrons. The number of aryl methyl sites for hydroxylation is 1. The van der Waals surface area contributed by atoms with Gasteiger partial charge in [-0.25, -0.2) is 0 Å². The molecule has 2 heterocycles. The molecule has 1 aromatic heterocycles. The third kappa shape index (κ3) is 2.77. The summed E-state index contributed by atoms with van der Waals surface area (Å²) < 4.78 is 17.6. The van der Waals surface area contributed by atoms with Gasteiger partial charge in [0.25, 0.3) is 5.91 Å². The Morgan fingerprint density at radius 1 is 1.17 bits per heavy atom. The average molecular weight is 349 g/mol. The van der Waals surface area contributed by atoms with Crippen molar-refractivity contribution in [1.82, 2.24) is 9.78 Å². The van der Waals surface area contributed by atoms with Gasteiger partial charge >= 0.3 is 0 Å². The highest BCUT2D eigenvalue weighted by Crippen LogP contribution is 2.39. The smallest absolute Gasteiger partial charge is 0.257 e. The largest absolute Gasteiger partial charge is 0.493 e. The van der Waals surface area contributed by atoms with Gasteiger partial charge in [0.2, 0.25) is 5.75 Å². The molecule has 0 aliphatic carbocycles. The van der Waals surface area contributed by atoms with Crippen LogP contribution >= 0.6 is 11.8 Å². The van der Waals surface area contributed by atoms with E-state index in [0.29, 0.717) is 22.8 Å². The zero-order valence-electron chi connectivity index (χ0n) is 14.0. The highest BCUT2D eigenvalue weighted by Gasteiger charge is 2.24. The Bertz CT molecular complexity index is 763. The number of fused-ring (bicyclic) bond motifs is 1. The molecular formula is C16H19N3O4S. The van der Waals surface area contributed by atoms with Crippen LogP contribution in [0, 0.1) is 0 Å². The monoisotopic (exact) mass is 349 g/mol. The van der Waals surface area contributed by atoms with Crippen LogP contribution in [0.4, 0.5) is 5.82 Å². The fourth-order valence-corrected chi connectivity index (χ4v) is 3.72. The minimum atomic E-state index is -0.253. The predicted octanol–water partition coefficient (Wildman–Crippen LogP) is 2.45. The Balaban J connectivity index is 1.93. The summed E-state index contributed by atoms with van der Waals surface area (Å²) in [5.41, 5.74) is 2.54. The fraction of sp³-hybridized carbons (Fsp3) is 0.375. The third-order valence-corrected chi connectivity index (χ3v) is 4.84. The number of rotatable bonds is 5. The molecule has 24 heavy (non-hydrogen) atoms. The lowest BCUT2D eigenvalue weighted by Crippen LogP contribution is -2.16. The molecule has 0 spiro atoms. The zero-order valence-corrected chi connectivity index (χ0v) is 14.8. The van der Waals surface area contributed by atoms with Crippen molar-refractivity contribution in [3.8, 4) is 17.2 Å². The molecule has 1 aromatic carbocycles. The molecule has 0 saturated carbocycles. The first-order chi connectivity index (χ1) is 11.6. The van der Waals surface area contributed by atoms with E-state index in [4.69, 9.17) is 14.2 Å². The van der Waals surface area contributed by atoms with E-state index in [-0.39, 0.29) is 5.91 Å². The van der Waals surface area contributed by atoms with E-state index in [0.717, 1.165) is 28.6 Å². The maximum absolute atomic E-state index is 12.7. The van der Waals surface area contributed by atoms with Gasteiger partial charge in [0, 0.05) is 29.7 Å². The molecule has 0 unspecified atom stereocenters. The van der Waals surface area contributed by atoms with Crippen molar-refractivity contribution in [3.63, 3.8) is 0 Å². The van der Waals surface area contributed by atoms with Crippen molar-refractivity contribution >= 4 is 23.5 Å². The fourth-order valence-electron chi connectivity index (χ4n) is 2.69. The number of hydrogen-bond acceptors (Lipinski definition) is 6. The van der Waals surface area contributed by atoms with Crippen LogP contribution in [0.5, 0.6) is 17.2 Å². The van der Waals surface area contributed by atoms with Crippen LogP contribution in [0.2, 0.25) is 0 Å². The summed E-state index contributed by atoms with van der Waals surface area (Å²) in [5, 5.41) is 7.39. The number of benzene rings is 1. The molecule has 0 atom stereocenters. The molecule has 7 nitrogen and oxygen atoms in total. The Morgan fingerprint density at radius 2 is 1.83 bits per heavy atom. The van der Waals surface area contributed by atoms with Crippen LogP contribution in [0.3, 0.4) is 0 Å². The highest BCUT2D eigenvalue weighted by molar-refractivity contribution is 7.98. The van der Waals surface area contributed by atoms with Crippen molar-refractivity contribution in [1.29, 1.82) is 0 Å². The Hall–Kier alpha value is -2.35. The van der Waals surface area contributed by atoms with Gasteiger partial charge in [-0.1, -0.05) is 0 Å². The minimum Gasteiger partial charge on any atom is -0.493 e. The second kappa shape index (κ2) is 6.64. The van der Waals surface area contributed by atoms with Crippen molar-refractivity contribution < 1.29 is 19.0 Å². The maximum Gasteiger partial charge on any atom is 0.257 e. The average Bonchev–Trinajstić information content (AvgIpc) is 3.15. The molecule has 2 aromatic rings.